The van der Waals surface area contributed by atoms with Crippen LogP contribution in [0.15, 0.2) is 57.5 Å². The first-order chi connectivity index (χ1) is 17.7. The monoisotopic (exact) mass is 543 g/mol. The highest BCUT2D eigenvalue weighted by atomic mass is 35.5. The zero-order valence-corrected chi connectivity index (χ0v) is 21.9. The van der Waals surface area contributed by atoms with Gasteiger partial charge < -0.3 is 14.2 Å². The number of esters is 1. The van der Waals surface area contributed by atoms with Gasteiger partial charge in [-0.05, 0) is 37.6 Å². The van der Waals surface area contributed by atoms with Gasteiger partial charge in [0.1, 0.15) is 6.04 Å². The second kappa shape index (κ2) is 10.6. The number of hydrogen-bond acceptors (Lipinski definition) is 9. The molecule has 0 bridgehead atoms. The molecule has 2 heterocycles. The van der Waals surface area contributed by atoms with Crippen molar-refractivity contribution in [2.75, 3.05) is 20.8 Å². The van der Waals surface area contributed by atoms with Crippen LogP contribution in [0, 0.1) is 10.1 Å². The summed E-state index contributed by atoms with van der Waals surface area (Å²) in [6, 6.07) is 8.65. The van der Waals surface area contributed by atoms with E-state index in [0.717, 1.165) is 11.3 Å². The number of rotatable bonds is 7. The molecule has 0 amide bonds. The van der Waals surface area contributed by atoms with Crippen LogP contribution in [0.3, 0.4) is 0 Å². The number of allylic oxidation sites excluding steroid dienone is 1. The summed E-state index contributed by atoms with van der Waals surface area (Å²) in [6.45, 7) is 3.48. The first-order valence-electron chi connectivity index (χ1n) is 11.1. The molecule has 1 aromatic heterocycles. The van der Waals surface area contributed by atoms with E-state index in [4.69, 9.17) is 25.8 Å². The average molecular weight is 544 g/mol. The lowest BCUT2D eigenvalue weighted by Gasteiger charge is -2.25. The Hall–Kier alpha value is -3.96. The number of carbonyl (C=O) groups excluding carboxylic acids is 1. The van der Waals surface area contributed by atoms with Crippen LogP contribution >= 0.6 is 22.9 Å². The predicted molar refractivity (Wildman–Crippen MR) is 138 cm³/mol. The maximum Gasteiger partial charge on any atom is 0.338 e. The number of aromatic nitrogens is 1. The van der Waals surface area contributed by atoms with E-state index in [1.807, 2.05) is 0 Å². The molecule has 0 saturated heterocycles. The highest BCUT2D eigenvalue weighted by Gasteiger charge is 2.34. The molecule has 0 spiro atoms. The summed E-state index contributed by atoms with van der Waals surface area (Å²) in [5, 5.41) is 12.1. The molecule has 1 aliphatic rings. The standard InChI is InChI=1S/C25H22ClN3O7S/c1-5-36-24(31)21-13(2)27-25-28(22(21)15-8-6-7-9-16(15)26)23(30)20(37-25)11-14-10-18(34-3)19(35-4)12-17(14)29(32)33/h6-12,22H,5H2,1-4H3/t22-/m0/s1. The van der Waals surface area contributed by atoms with Crippen molar-refractivity contribution >= 4 is 40.7 Å². The van der Waals surface area contributed by atoms with Crippen LogP contribution in [0.2, 0.25) is 5.02 Å². The van der Waals surface area contributed by atoms with E-state index in [1.54, 1.807) is 38.1 Å². The number of benzene rings is 2. The third kappa shape index (κ3) is 4.75. The van der Waals surface area contributed by atoms with Crippen molar-refractivity contribution in [3.8, 4) is 11.5 Å². The van der Waals surface area contributed by atoms with E-state index in [9.17, 15) is 19.7 Å². The van der Waals surface area contributed by atoms with Gasteiger partial charge in [-0.15, -0.1) is 0 Å². The Kier molecular flexibility index (Phi) is 7.46. The van der Waals surface area contributed by atoms with Crippen LogP contribution in [-0.2, 0) is 9.53 Å². The molecule has 0 N–H and O–H groups in total. The Morgan fingerprint density at radius 1 is 1.24 bits per heavy atom. The molecule has 12 heteroatoms. The zero-order valence-electron chi connectivity index (χ0n) is 20.3. The van der Waals surface area contributed by atoms with E-state index in [-0.39, 0.29) is 39.5 Å². The quantitative estimate of drug-likeness (QED) is 0.254. The Bertz CT molecular complexity index is 1620. The number of fused-ring (bicyclic) bond motifs is 1. The first-order valence-corrected chi connectivity index (χ1v) is 12.3. The van der Waals surface area contributed by atoms with Crippen LogP contribution in [0.5, 0.6) is 11.5 Å². The minimum absolute atomic E-state index is 0.137. The lowest BCUT2D eigenvalue weighted by atomic mass is 9.96. The molecule has 192 valence electrons. The van der Waals surface area contributed by atoms with Gasteiger partial charge in [0.05, 0.1) is 53.2 Å². The van der Waals surface area contributed by atoms with Crippen molar-refractivity contribution in [3.63, 3.8) is 0 Å². The number of nitrogens with zero attached hydrogens (tertiary/aromatic N) is 3. The molecule has 3 aromatic rings. The van der Waals surface area contributed by atoms with Gasteiger partial charge in [-0.25, -0.2) is 9.79 Å². The fourth-order valence-electron chi connectivity index (χ4n) is 4.08. The van der Waals surface area contributed by atoms with Crippen LogP contribution in [-0.4, -0.2) is 36.3 Å². The first kappa shape index (κ1) is 26.1. The Morgan fingerprint density at radius 3 is 2.54 bits per heavy atom. The molecule has 4 rings (SSSR count). The van der Waals surface area contributed by atoms with E-state index in [1.165, 1.54) is 37.0 Å². The molecular formula is C25H22ClN3O7S. The van der Waals surface area contributed by atoms with Crippen LogP contribution in [0.1, 0.15) is 31.0 Å². The number of thiazole rings is 1. The average Bonchev–Trinajstić information content (AvgIpc) is 3.17. The van der Waals surface area contributed by atoms with Gasteiger partial charge in [-0.1, -0.05) is 41.1 Å². The van der Waals surface area contributed by atoms with Crippen molar-refractivity contribution < 1.29 is 23.9 Å². The number of nitro benzene ring substituents is 1. The number of methoxy groups -OCH3 is 2. The molecule has 0 radical (unpaired) electrons. The lowest BCUT2D eigenvalue weighted by Crippen LogP contribution is -2.40. The molecule has 0 saturated carbocycles. The smallest absolute Gasteiger partial charge is 0.338 e. The summed E-state index contributed by atoms with van der Waals surface area (Å²) >= 11 is 7.54. The van der Waals surface area contributed by atoms with Crippen LogP contribution in [0.25, 0.3) is 6.08 Å². The Balaban J connectivity index is 2.01. The third-order valence-electron chi connectivity index (χ3n) is 5.73. The minimum atomic E-state index is -0.897. The summed E-state index contributed by atoms with van der Waals surface area (Å²) in [7, 11) is 2.78. The van der Waals surface area contributed by atoms with E-state index in [0.29, 0.717) is 21.1 Å². The minimum Gasteiger partial charge on any atom is -0.493 e. The fraction of sp³-hybridized carbons (Fsp3) is 0.240. The van der Waals surface area contributed by atoms with E-state index < -0.39 is 22.5 Å². The normalized spacial score (nSPS) is 15.2. The molecular weight excluding hydrogens is 522 g/mol. The molecule has 10 nitrogen and oxygen atoms in total. The van der Waals surface area contributed by atoms with Gasteiger partial charge >= 0.3 is 5.97 Å². The number of halogens is 1. The van der Waals surface area contributed by atoms with Crippen molar-refractivity contribution in [3.05, 3.63) is 93.6 Å². The van der Waals surface area contributed by atoms with Gasteiger partial charge in [0.15, 0.2) is 16.3 Å². The highest BCUT2D eigenvalue weighted by molar-refractivity contribution is 7.07. The Morgan fingerprint density at radius 2 is 1.92 bits per heavy atom. The van der Waals surface area contributed by atoms with Gasteiger partial charge in [-0.2, -0.15) is 0 Å². The maximum absolute atomic E-state index is 13.7. The number of carbonyl (C=O) groups is 1. The fourth-order valence-corrected chi connectivity index (χ4v) is 5.36. The highest BCUT2D eigenvalue weighted by Crippen LogP contribution is 2.36. The molecule has 0 aliphatic carbocycles. The van der Waals surface area contributed by atoms with Crippen LogP contribution < -0.4 is 24.4 Å². The van der Waals surface area contributed by atoms with Crippen molar-refractivity contribution in [1.29, 1.82) is 0 Å². The van der Waals surface area contributed by atoms with Crippen molar-refractivity contribution in [2.45, 2.75) is 19.9 Å². The molecule has 1 atom stereocenters. The topological polar surface area (TPSA) is 122 Å². The van der Waals surface area contributed by atoms with Gasteiger partial charge in [0.2, 0.25) is 0 Å². The summed E-state index contributed by atoms with van der Waals surface area (Å²) in [5.74, 6) is -0.166. The summed E-state index contributed by atoms with van der Waals surface area (Å²) < 4.78 is 17.3. The maximum atomic E-state index is 13.7. The second-order valence-corrected chi connectivity index (χ2v) is 9.26. The summed E-state index contributed by atoms with van der Waals surface area (Å²) in [6.07, 6.45) is 1.40. The van der Waals surface area contributed by atoms with Crippen molar-refractivity contribution in [1.82, 2.24) is 4.57 Å². The van der Waals surface area contributed by atoms with E-state index in [2.05, 4.69) is 4.99 Å². The number of ether oxygens (including phenoxy) is 3. The van der Waals surface area contributed by atoms with Crippen molar-refractivity contribution in [2.24, 2.45) is 4.99 Å². The molecule has 0 unspecified atom stereocenters. The lowest BCUT2D eigenvalue weighted by molar-refractivity contribution is -0.385. The summed E-state index contributed by atoms with van der Waals surface area (Å²) in [5.41, 5.74) is 0.468. The van der Waals surface area contributed by atoms with Crippen LogP contribution in [0.4, 0.5) is 5.69 Å². The third-order valence-corrected chi connectivity index (χ3v) is 7.06. The number of hydrogen-bond donors (Lipinski definition) is 0. The second-order valence-electron chi connectivity index (χ2n) is 7.85. The predicted octanol–water partition coefficient (Wildman–Crippen LogP) is 3.38. The zero-order chi connectivity index (χ0) is 26.9. The SMILES string of the molecule is CCOC(=O)C1=C(C)N=c2sc(=Cc3cc(OC)c(OC)cc3[N+](=O)[O-])c(=O)n2[C@H]1c1ccccc1Cl. The molecule has 37 heavy (non-hydrogen) atoms. The molecule has 1 aliphatic heterocycles. The van der Waals surface area contributed by atoms with Gasteiger partial charge in [0.25, 0.3) is 11.2 Å². The van der Waals surface area contributed by atoms with Gasteiger partial charge in [-0.3, -0.25) is 19.5 Å². The van der Waals surface area contributed by atoms with E-state index >= 15 is 0 Å². The number of nitro groups is 1. The Labute approximate surface area is 219 Å². The largest absolute Gasteiger partial charge is 0.493 e. The molecule has 0 fully saturated rings. The summed E-state index contributed by atoms with van der Waals surface area (Å²) in [4.78, 5) is 42.7. The molecule has 2 aromatic carbocycles. The van der Waals surface area contributed by atoms with Gasteiger partial charge in [0, 0.05) is 5.02 Å².